The van der Waals surface area contributed by atoms with E-state index in [0.717, 1.165) is 12.1 Å². The number of aromatic nitrogens is 1. The molecule has 1 aromatic carbocycles. The first-order valence-electron chi connectivity index (χ1n) is 7.03. The van der Waals surface area contributed by atoms with Crippen molar-refractivity contribution in [2.75, 3.05) is 13.1 Å². The Balaban J connectivity index is 1.75. The Morgan fingerprint density at radius 3 is 2.82 bits per heavy atom. The normalized spacial score (nSPS) is 11.5. The van der Waals surface area contributed by atoms with Crippen LogP contribution in [0, 0.1) is 5.82 Å². The second kappa shape index (κ2) is 8.34. The second-order valence-corrected chi connectivity index (χ2v) is 5.12. The van der Waals surface area contributed by atoms with Gasteiger partial charge in [-0.3, -0.25) is 9.98 Å². The Morgan fingerprint density at radius 1 is 1.23 bits per heavy atom. The lowest BCUT2D eigenvalue weighted by Gasteiger charge is -2.08. The summed E-state index contributed by atoms with van der Waals surface area (Å²) in [6, 6.07) is 10.4. The van der Waals surface area contributed by atoms with Crippen molar-refractivity contribution in [3.05, 3.63) is 64.7 Å². The van der Waals surface area contributed by atoms with E-state index in [-0.39, 0.29) is 5.82 Å². The molecule has 1 aromatic heterocycles. The molecule has 0 saturated heterocycles. The number of rotatable bonds is 6. The molecule has 0 saturated carbocycles. The molecule has 0 aliphatic heterocycles. The van der Waals surface area contributed by atoms with Crippen molar-refractivity contribution in [2.24, 2.45) is 10.7 Å². The van der Waals surface area contributed by atoms with Crippen LogP contribution in [-0.4, -0.2) is 24.0 Å². The molecule has 0 unspecified atom stereocenters. The lowest BCUT2D eigenvalue weighted by molar-refractivity contribution is 0.607. The minimum absolute atomic E-state index is 0.306. The predicted molar refractivity (Wildman–Crippen MR) is 87.5 cm³/mol. The molecule has 0 atom stereocenters. The number of aliphatic imine (C=N–C) groups is 1. The summed E-state index contributed by atoms with van der Waals surface area (Å²) in [6.45, 7) is 1.02. The van der Waals surface area contributed by atoms with E-state index >= 15 is 0 Å². The fourth-order valence-electron chi connectivity index (χ4n) is 1.98. The van der Waals surface area contributed by atoms with E-state index in [1.54, 1.807) is 18.3 Å². The van der Waals surface area contributed by atoms with E-state index in [2.05, 4.69) is 15.3 Å². The van der Waals surface area contributed by atoms with Crippen molar-refractivity contribution in [3.63, 3.8) is 0 Å². The quantitative estimate of drug-likeness (QED) is 0.635. The minimum atomic E-state index is -0.306. The Kier molecular flexibility index (Phi) is 6.15. The van der Waals surface area contributed by atoms with E-state index in [1.165, 1.54) is 6.07 Å². The largest absolute Gasteiger partial charge is 0.370 e. The van der Waals surface area contributed by atoms with Gasteiger partial charge in [0.05, 0.1) is 0 Å². The van der Waals surface area contributed by atoms with Gasteiger partial charge in [0.25, 0.3) is 0 Å². The number of nitrogens with two attached hydrogens (primary N) is 1. The van der Waals surface area contributed by atoms with Gasteiger partial charge in [-0.25, -0.2) is 4.39 Å². The van der Waals surface area contributed by atoms with E-state index < -0.39 is 0 Å². The Hall–Kier alpha value is -2.14. The topological polar surface area (TPSA) is 63.3 Å². The molecule has 3 N–H and O–H groups in total. The summed E-state index contributed by atoms with van der Waals surface area (Å²) >= 11 is 5.96. The molecular weight excluding hydrogens is 303 g/mol. The zero-order chi connectivity index (χ0) is 15.8. The number of halogens is 2. The third-order valence-corrected chi connectivity index (χ3v) is 3.47. The van der Waals surface area contributed by atoms with Crippen LogP contribution in [0.15, 0.2) is 47.6 Å². The monoisotopic (exact) mass is 320 g/mol. The number of guanidine groups is 1. The molecule has 2 aromatic rings. The Bertz CT molecular complexity index is 611. The second-order valence-electron chi connectivity index (χ2n) is 4.72. The third-order valence-electron chi connectivity index (χ3n) is 3.12. The van der Waals surface area contributed by atoms with E-state index in [9.17, 15) is 4.39 Å². The summed E-state index contributed by atoms with van der Waals surface area (Å²) in [5.41, 5.74) is 7.22. The van der Waals surface area contributed by atoms with Crippen LogP contribution in [0.5, 0.6) is 0 Å². The third kappa shape index (κ3) is 5.00. The number of pyridine rings is 1. The molecule has 0 spiro atoms. The van der Waals surface area contributed by atoms with Gasteiger partial charge in [-0.15, -0.1) is 0 Å². The zero-order valence-corrected chi connectivity index (χ0v) is 12.9. The van der Waals surface area contributed by atoms with Gasteiger partial charge in [0.1, 0.15) is 5.82 Å². The maximum Gasteiger partial charge on any atom is 0.188 e. The number of nitrogens with zero attached hydrogens (tertiary/aromatic N) is 2. The molecule has 2 rings (SSSR count). The number of nitrogens with one attached hydrogen (secondary N) is 1. The highest BCUT2D eigenvalue weighted by atomic mass is 35.5. The number of benzene rings is 1. The summed E-state index contributed by atoms with van der Waals surface area (Å²) < 4.78 is 13.6. The number of hydrogen-bond acceptors (Lipinski definition) is 2. The predicted octanol–water partition coefficient (Wildman–Crippen LogP) is 2.56. The summed E-state index contributed by atoms with van der Waals surface area (Å²) in [6.07, 6.45) is 2.92. The highest BCUT2D eigenvalue weighted by molar-refractivity contribution is 6.31. The fourth-order valence-corrected chi connectivity index (χ4v) is 2.24. The van der Waals surface area contributed by atoms with Crippen LogP contribution < -0.4 is 11.1 Å². The first-order chi connectivity index (χ1) is 10.7. The Morgan fingerprint density at radius 2 is 2.09 bits per heavy atom. The molecule has 0 bridgehead atoms. The zero-order valence-electron chi connectivity index (χ0n) is 12.1. The van der Waals surface area contributed by atoms with E-state index in [4.69, 9.17) is 17.3 Å². The van der Waals surface area contributed by atoms with Crippen molar-refractivity contribution < 1.29 is 4.39 Å². The smallest absolute Gasteiger partial charge is 0.188 e. The maximum atomic E-state index is 13.6. The van der Waals surface area contributed by atoms with Gasteiger partial charge in [0.15, 0.2) is 5.96 Å². The lowest BCUT2D eigenvalue weighted by atomic mass is 10.1. The molecule has 22 heavy (non-hydrogen) atoms. The van der Waals surface area contributed by atoms with Crippen molar-refractivity contribution in [1.82, 2.24) is 10.3 Å². The van der Waals surface area contributed by atoms with Gasteiger partial charge in [-0.05, 0) is 30.7 Å². The highest BCUT2D eigenvalue weighted by Crippen LogP contribution is 2.18. The Labute approximate surface area is 134 Å². The van der Waals surface area contributed by atoms with Crippen LogP contribution in [0.25, 0.3) is 0 Å². The van der Waals surface area contributed by atoms with Gasteiger partial charge in [-0.2, -0.15) is 0 Å². The van der Waals surface area contributed by atoms with Crippen molar-refractivity contribution in [1.29, 1.82) is 0 Å². The lowest BCUT2D eigenvalue weighted by Crippen LogP contribution is -2.33. The highest BCUT2D eigenvalue weighted by Gasteiger charge is 2.06. The van der Waals surface area contributed by atoms with Gasteiger partial charge in [0.2, 0.25) is 0 Å². The van der Waals surface area contributed by atoms with E-state index in [1.807, 2.05) is 18.2 Å². The summed E-state index contributed by atoms with van der Waals surface area (Å²) in [5.74, 6) is 0.0309. The van der Waals surface area contributed by atoms with Crippen LogP contribution in [0.2, 0.25) is 5.02 Å². The first kappa shape index (κ1) is 16.2. The molecule has 0 aliphatic rings. The molecule has 116 valence electrons. The summed E-state index contributed by atoms with van der Waals surface area (Å²) in [4.78, 5) is 8.42. The fraction of sp³-hybridized carbons (Fsp3) is 0.250. The molecule has 0 radical (unpaired) electrons. The van der Waals surface area contributed by atoms with Gasteiger partial charge >= 0.3 is 0 Å². The minimum Gasteiger partial charge on any atom is -0.370 e. The van der Waals surface area contributed by atoms with Crippen molar-refractivity contribution in [3.8, 4) is 0 Å². The van der Waals surface area contributed by atoms with Gasteiger partial charge in [-0.1, -0.05) is 23.7 Å². The molecule has 1 heterocycles. The maximum absolute atomic E-state index is 13.6. The van der Waals surface area contributed by atoms with E-state index in [0.29, 0.717) is 36.1 Å². The average Bonchev–Trinajstić information content (AvgIpc) is 2.51. The molecule has 0 fully saturated rings. The van der Waals surface area contributed by atoms with Gasteiger partial charge < -0.3 is 11.1 Å². The molecule has 0 aliphatic carbocycles. The molecule has 6 heteroatoms. The summed E-state index contributed by atoms with van der Waals surface area (Å²) in [7, 11) is 0. The molecular formula is C16H18ClFN4. The van der Waals surface area contributed by atoms with Crippen LogP contribution in [-0.2, 0) is 12.8 Å². The molecule has 0 amide bonds. The standard InChI is InChI=1S/C16H18ClFN4/c17-14-5-3-6-15(18)13(14)8-11-22-16(19)21-10-7-12-4-1-2-9-20-12/h1-6,9H,7-8,10-11H2,(H3,19,21,22). The van der Waals surface area contributed by atoms with Crippen LogP contribution in [0.1, 0.15) is 11.3 Å². The number of hydrogen-bond donors (Lipinski definition) is 2. The van der Waals surface area contributed by atoms with Crippen LogP contribution >= 0.6 is 11.6 Å². The SMILES string of the molecule is NC(=NCCc1ccccn1)NCCc1c(F)cccc1Cl. The van der Waals surface area contributed by atoms with Crippen molar-refractivity contribution >= 4 is 17.6 Å². The van der Waals surface area contributed by atoms with Crippen molar-refractivity contribution in [2.45, 2.75) is 12.8 Å². The van der Waals surface area contributed by atoms with Crippen LogP contribution in [0.4, 0.5) is 4.39 Å². The summed E-state index contributed by atoms with van der Waals surface area (Å²) in [5, 5.41) is 3.38. The van der Waals surface area contributed by atoms with Crippen LogP contribution in [0.3, 0.4) is 0 Å². The van der Waals surface area contributed by atoms with Gasteiger partial charge in [0, 0.05) is 42.0 Å². The first-order valence-corrected chi connectivity index (χ1v) is 7.41. The molecule has 4 nitrogen and oxygen atoms in total. The average molecular weight is 321 g/mol.